The van der Waals surface area contributed by atoms with Gasteiger partial charge in [-0.15, -0.1) is 11.3 Å². The number of benzene rings is 1. The number of ether oxygens (including phenoxy) is 2. The summed E-state index contributed by atoms with van der Waals surface area (Å²) in [7, 11) is 1.67. The Morgan fingerprint density at radius 3 is 3.05 bits per heavy atom. The molecule has 0 aliphatic rings. The minimum atomic E-state index is -0.253. The molecule has 0 aliphatic carbocycles. The lowest BCUT2D eigenvalue weighted by Gasteiger charge is -2.05. The Balaban J connectivity index is 1.98. The fourth-order valence-electron chi connectivity index (χ4n) is 1.83. The van der Waals surface area contributed by atoms with Gasteiger partial charge in [-0.25, -0.2) is 4.98 Å². The molecular weight excluding hydrogens is 288 g/mol. The summed E-state index contributed by atoms with van der Waals surface area (Å²) in [5, 5.41) is 5.84. The highest BCUT2D eigenvalue weighted by Crippen LogP contribution is 2.22. The van der Waals surface area contributed by atoms with Crippen LogP contribution in [-0.4, -0.2) is 24.7 Å². The maximum atomic E-state index is 11.4. The summed E-state index contributed by atoms with van der Waals surface area (Å²) < 4.78 is 10.0. The molecule has 0 bridgehead atoms. The Morgan fingerprint density at radius 1 is 1.43 bits per heavy atom. The molecule has 0 atom stereocenters. The summed E-state index contributed by atoms with van der Waals surface area (Å²) >= 11 is 1.46. The summed E-state index contributed by atoms with van der Waals surface area (Å²) in [5.74, 6) is -0.253. The van der Waals surface area contributed by atoms with Crippen LogP contribution in [0.4, 0.5) is 10.8 Å². The predicted octanol–water partition coefficient (Wildman–Crippen LogP) is 3.14. The highest BCUT2D eigenvalue weighted by molar-refractivity contribution is 7.13. The zero-order chi connectivity index (χ0) is 15.1. The molecule has 2 aromatic rings. The lowest BCUT2D eigenvalue weighted by molar-refractivity contribution is -0.142. The van der Waals surface area contributed by atoms with Gasteiger partial charge in [-0.3, -0.25) is 4.79 Å². The van der Waals surface area contributed by atoms with Gasteiger partial charge < -0.3 is 14.8 Å². The average Bonchev–Trinajstić information content (AvgIpc) is 2.87. The SMILES string of the molecule is CCOC(=O)Cc1csc(Nc2cccc(COC)c2)n1. The molecule has 0 radical (unpaired) electrons. The van der Waals surface area contributed by atoms with Gasteiger partial charge in [-0.2, -0.15) is 0 Å². The van der Waals surface area contributed by atoms with Crippen LogP contribution in [0.2, 0.25) is 0 Å². The minimum Gasteiger partial charge on any atom is -0.466 e. The highest BCUT2D eigenvalue weighted by Gasteiger charge is 2.08. The van der Waals surface area contributed by atoms with Crippen LogP contribution in [0.25, 0.3) is 0 Å². The molecule has 0 aliphatic heterocycles. The van der Waals surface area contributed by atoms with Crippen molar-refractivity contribution < 1.29 is 14.3 Å². The van der Waals surface area contributed by atoms with Gasteiger partial charge in [-0.05, 0) is 24.6 Å². The Morgan fingerprint density at radius 2 is 2.29 bits per heavy atom. The third-order valence-electron chi connectivity index (χ3n) is 2.67. The molecule has 6 heteroatoms. The van der Waals surface area contributed by atoms with Crippen molar-refractivity contribution in [3.63, 3.8) is 0 Å². The van der Waals surface area contributed by atoms with E-state index in [-0.39, 0.29) is 12.4 Å². The second-order valence-corrected chi connectivity index (χ2v) is 5.24. The van der Waals surface area contributed by atoms with Crippen molar-refractivity contribution in [3.8, 4) is 0 Å². The van der Waals surface area contributed by atoms with E-state index in [0.717, 1.165) is 16.4 Å². The van der Waals surface area contributed by atoms with Crippen molar-refractivity contribution in [3.05, 3.63) is 40.9 Å². The van der Waals surface area contributed by atoms with Crippen molar-refractivity contribution in [1.82, 2.24) is 4.98 Å². The van der Waals surface area contributed by atoms with Crippen LogP contribution in [0.5, 0.6) is 0 Å². The highest BCUT2D eigenvalue weighted by atomic mass is 32.1. The molecular formula is C15H18N2O3S. The van der Waals surface area contributed by atoms with Gasteiger partial charge in [0.1, 0.15) is 0 Å². The minimum absolute atomic E-state index is 0.204. The first-order valence-electron chi connectivity index (χ1n) is 6.66. The van der Waals surface area contributed by atoms with Gasteiger partial charge >= 0.3 is 5.97 Å². The van der Waals surface area contributed by atoms with Gasteiger partial charge in [0.05, 0.1) is 25.3 Å². The van der Waals surface area contributed by atoms with Crippen LogP contribution in [0.15, 0.2) is 29.6 Å². The van der Waals surface area contributed by atoms with Gasteiger partial charge in [0.2, 0.25) is 0 Å². The first kappa shape index (κ1) is 15.5. The maximum Gasteiger partial charge on any atom is 0.311 e. The molecule has 1 N–H and O–H groups in total. The number of thiazole rings is 1. The van der Waals surface area contributed by atoms with Crippen LogP contribution in [0.3, 0.4) is 0 Å². The molecule has 21 heavy (non-hydrogen) atoms. The first-order chi connectivity index (χ1) is 10.2. The fraction of sp³-hybridized carbons (Fsp3) is 0.333. The number of esters is 1. The molecule has 0 amide bonds. The van der Waals surface area contributed by atoms with E-state index < -0.39 is 0 Å². The Labute approximate surface area is 127 Å². The molecule has 0 spiro atoms. The summed E-state index contributed by atoms with van der Waals surface area (Å²) in [6.45, 7) is 2.75. The van der Waals surface area contributed by atoms with Crippen molar-refractivity contribution in [2.45, 2.75) is 20.0 Å². The number of anilines is 2. The molecule has 1 aromatic carbocycles. The van der Waals surface area contributed by atoms with E-state index >= 15 is 0 Å². The first-order valence-corrected chi connectivity index (χ1v) is 7.54. The Bertz CT molecular complexity index is 598. The van der Waals surface area contributed by atoms with E-state index in [1.165, 1.54) is 11.3 Å². The number of aromatic nitrogens is 1. The second-order valence-electron chi connectivity index (χ2n) is 4.38. The number of carbonyl (C=O) groups excluding carboxylic acids is 1. The molecule has 0 saturated heterocycles. The third-order valence-corrected chi connectivity index (χ3v) is 3.48. The lowest BCUT2D eigenvalue weighted by Crippen LogP contribution is -2.07. The fourth-order valence-corrected chi connectivity index (χ4v) is 2.56. The number of nitrogens with one attached hydrogen (secondary N) is 1. The largest absolute Gasteiger partial charge is 0.466 e. The number of hydrogen-bond donors (Lipinski definition) is 1. The average molecular weight is 306 g/mol. The molecule has 112 valence electrons. The van der Waals surface area contributed by atoms with Gasteiger partial charge in [0.25, 0.3) is 0 Å². The van der Waals surface area contributed by atoms with Gasteiger partial charge in [0, 0.05) is 18.2 Å². The number of nitrogens with zero attached hydrogens (tertiary/aromatic N) is 1. The van der Waals surface area contributed by atoms with Crippen molar-refractivity contribution >= 4 is 28.1 Å². The van der Waals surface area contributed by atoms with Crippen LogP contribution in [0.1, 0.15) is 18.2 Å². The Kier molecular flexibility index (Phi) is 5.71. The van der Waals surface area contributed by atoms with Gasteiger partial charge in [0.15, 0.2) is 5.13 Å². The molecule has 1 heterocycles. The Hall–Kier alpha value is -1.92. The molecule has 5 nitrogen and oxygen atoms in total. The van der Waals surface area contributed by atoms with E-state index in [9.17, 15) is 4.79 Å². The summed E-state index contributed by atoms with van der Waals surface area (Å²) in [5.41, 5.74) is 2.75. The maximum absolute atomic E-state index is 11.4. The van der Waals surface area contributed by atoms with E-state index in [4.69, 9.17) is 9.47 Å². The van der Waals surface area contributed by atoms with E-state index in [0.29, 0.717) is 18.9 Å². The zero-order valence-electron chi connectivity index (χ0n) is 12.1. The summed E-state index contributed by atoms with van der Waals surface area (Å²) in [6, 6.07) is 7.94. The van der Waals surface area contributed by atoms with E-state index in [1.807, 2.05) is 29.6 Å². The lowest BCUT2D eigenvalue weighted by atomic mass is 10.2. The van der Waals surface area contributed by atoms with Crippen molar-refractivity contribution in [2.24, 2.45) is 0 Å². The molecule has 0 unspecified atom stereocenters. The van der Waals surface area contributed by atoms with Crippen molar-refractivity contribution in [1.29, 1.82) is 0 Å². The standard InChI is InChI=1S/C15H18N2O3S/c1-3-20-14(18)8-13-10-21-15(17-13)16-12-6-4-5-11(7-12)9-19-2/h4-7,10H,3,8-9H2,1-2H3,(H,16,17). The number of hydrogen-bond acceptors (Lipinski definition) is 6. The number of carbonyl (C=O) groups is 1. The normalized spacial score (nSPS) is 10.4. The summed E-state index contributed by atoms with van der Waals surface area (Å²) in [6.07, 6.45) is 0.204. The monoisotopic (exact) mass is 306 g/mol. The topological polar surface area (TPSA) is 60.5 Å². The van der Waals surface area contributed by atoms with Crippen LogP contribution >= 0.6 is 11.3 Å². The molecule has 0 fully saturated rings. The zero-order valence-corrected chi connectivity index (χ0v) is 12.9. The summed E-state index contributed by atoms with van der Waals surface area (Å²) in [4.78, 5) is 15.8. The molecule has 2 rings (SSSR count). The molecule has 0 saturated carbocycles. The van der Waals surface area contributed by atoms with Crippen LogP contribution in [-0.2, 0) is 27.3 Å². The van der Waals surface area contributed by atoms with Gasteiger partial charge in [-0.1, -0.05) is 12.1 Å². The van der Waals surface area contributed by atoms with E-state index in [1.54, 1.807) is 14.0 Å². The number of rotatable bonds is 7. The van der Waals surface area contributed by atoms with E-state index in [2.05, 4.69) is 10.3 Å². The predicted molar refractivity (Wildman–Crippen MR) is 82.9 cm³/mol. The molecule has 1 aromatic heterocycles. The quantitative estimate of drug-likeness (QED) is 0.796. The second kappa shape index (κ2) is 7.75. The van der Waals surface area contributed by atoms with Crippen molar-refractivity contribution in [2.75, 3.05) is 19.0 Å². The third kappa shape index (κ3) is 4.84. The number of methoxy groups -OCH3 is 1. The van der Waals surface area contributed by atoms with Crippen LogP contribution in [0, 0.1) is 0 Å². The smallest absolute Gasteiger partial charge is 0.311 e. The van der Waals surface area contributed by atoms with Crippen LogP contribution < -0.4 is 5.32 Å².